The SMILES string of the molecule is COc1ccc(-c2nc(C(=O)N(C)Cc3ccccc3OC)cs2)cc1. The summed E-state index contributed by atoms with van der Waals surface area (Å²) in [6.45, 7) is 0.457. The molecule has 26 heavy (non-hydrogen) atoms. The third-order valence-corrected chi connectivity index (χ3v) is 4.90. The summed E-state index contributed by atoms with van der Waals surface area (Å²) in [5.74, 6) is 1.44. The van der Waals surface area contributed by atoms with E-state index in [4.69, 9.17) is 9.47 Å². The maximum atomic E-state index is 12.7. The Morgan fingerprint density at radius 1 is 1.08 bits per heavy atom. The van der Waals surface area contributed by atoms with Crippen molar-refractivity contribution in [3.05, 3.63) is 65.2 Å². The monoisotopic (exact) mass is 368 g/mol. The Morgan fingerprint density at radius 3 is 2.50 bits per heavy atom. The maximum absolute atomic E-state index is 12.7. The van der Waals surface area contributed by atoms with Gasteiger partial charge in [0, 0.05) is 30.1 Å². The van der Waals surface area contributed by atoms with Crippen LogP contribution in [0, 0.1) is 0 Å². The lowest BCUT2D eigenvalue weighted by molar-refractivity contribution is 0.0779. The van der Waals surface area contributed by atoms with Gasteiger partial charge >= 0.3 is 0 Å². The second-order valence-corrected chi connectivity index (χ2v) is 6.60. The number of para-hydroxylation sites is 1. The normalized spacial score (nSPS) is 10.4. The fourth-order valence-electron chi connectivity index (χ4n) is 2.59. The number of rotatable bonds is 6. The van der Waals surface area contributed by atoms with Crippen molar-refractivity contribution in [3.63, 3.8) is 0 Å². The van der Waals surface area contributed by atoms with Crippen molar-refractivity contribution in [2.75, 3.05) is 21.3 Å². The molecule has 0 bridgehead atoms. The number of methoxy groups -OCH3 is 2. The van der Waals surface area contributed by atoms with Crippen LogP contribution in [0.1, 0.15) is 16.1 Å². The summed E-state index contributed by atoms with van der Waals surface area (Å²) < 4.78 is 10.5. The second-order valence-electron chi connectivity index (χ2n) is 5.74. The van der Waals surface area contributed by atoms with Crippen LogP contribution < -0.4 is 9.47 Å². The Morgan fingerprint density at radius 2 is 1.81 bits per heavy atom. The zero-order valence-corrected chi connectivity index (χ0v) is 15.7. The van der Waals surface area contributed by atoms with E-state index in [0.717, 1.165) is 27.6 Å². The molecule has 1 aromatic heterocycles. The maximum Gasteiger partial charge on any atom is 0.273 e. The van der Waals surface area contributed by atoms with Crippen LogP contribution in [0.4, 0.5) is 0 Å². The number of thiazole rings is 1. The number of carbonyl (C=O) groups excluding carboxylic acids is 1. The molecule has 1 heterocycles. The van der Waals surface area contributed by atoms with Crippen molar-refractivity contribution >= 4 is 17.2 Å². The highest BCUT2D eigenvalue weighted by Crippen LogP contribution is 2.26. The molecule has 0 fully saturated rings. The lowest BCUT2D eigenvalue weighted by atomic mass is 10.2. The number of benzene rings is 2. The zero-order chi connectivity index (χ0) is 18.5. The highest BCUT2D eigenvalue weighted by molar-refractivity contribution is 7.13. The van der Waals surface area contributed by atoms with Gasteiger partial charge in [-0.25, -0.2) is 4.98 Å². The van der Waals surface area contributed by atoms with Gasteiger partial charge in [0.2, 0.25) is 0 Å². The van der Waals surface area contributed by atoms with E-state index in [1.54, 1.807) is 31.5 Å². The lowest BCUT2D eigenvalue weighted by Gasteiger charge is -2.17. The first-order valence-corrected chi connectivity index (χ1v) is 8.97. The molecule has 0 atom stereocenters. The standard InChI is InChI=1S/C20H20N2O3S/c1-22(12-15-6-4-5-7-18(15)25-3)20(23)17-13-26-19(21-17)14-8-10-16(24-2)11-9-14/h4-11,13H,12H2,1-3H3. The van der Waals surface area contributed by atoms with Gasteiger partial charge in [-0.15, -0.1) is 11.3 Å². The van der Waals surface area contributed by atoms with E-state index in [2.05, 4.69) is 4.98 Å². The number of hydrogen-bond donors (Lipinski definition) is 0. The van der Waals surface area contributed by atoms with Crippen LogP contribution in [0.5, 0.6) is 11.5 Å². The van der Waals surface area contributed by atoms with Gasteiger partial charge in [0.1, 0.15) is 22.2 Å². The molecule has 1 amide bonds. The molecular weight excluding hydrogens is 348 g/mol. The summed E-state index contributed by atoms with van der Waals surface area (Å²) in [5, 5.41) is 2.60. The lowest BCUT2D eigenvalue weighted by Crippen LogP contribution is -2.26. The van der Waals surface area contributed by atoms with Gasteiger partial charge in [0.15, 0.2) is 0 Å². The first kappa shape index (κ1) is 17.9. The smallest absolute Gasteiger partial charge is 0.273 e. The fourth-order valence-corrected chi connectivity index (χ4v) is 3.39. The van der Waals surface area contributed by atoms with Crippen molar-refractivity contribution in [2.45, 2.75) is 6.54 Å². The molecule has 0 saturated heterocycles. The molecule has 0 unspecified atom stereocenters. The fraction of sp³-hybridized carbons (Fsp3) is 0.200. The van der Waals surface area contributed by atoms with Crippen molar-refractivity contribution in [1.82, 2.24) is 9.88 Å². The average Bonchev–Trinajstić information content (AvgIpc) is 3.18. The van der Waals surface area contributed by atoms with Crippen LogP contribution in [-0.4, -0.2) is 37.1 Å². The van der Waals surface area contributed by atoms with E-state index in [-0.39, 0.29) is 5.91 Å². The second kappa shape index (κ2) is 8.01. The molecule has 134 valence electrons. The number of nitrogens with zero attached hydrogens (tertiary/aromatic N) is 2. The van der Waals surface area contributed by atoms with E-state index in [9.17, 15) is 4.79 Å². The zero-order valence-electron chi connectivity index (χ0n) is 14.9. The Hall–Kier alpha value is -2.86. The van der Waals surface area contributed by atoms with E-state index >= 15 is 0 Å². The van der Waals surface area contributed by atoms with Gasteiger partial charge in [-0.2, -0.15) is 0 Å². The third-order valence-electron chi connectivity index (χ3n) is 4.01. The highest BCUT2D eigenvalue weighted by Gasteiger charge is 2.17. The Bertz CT molecular complexity index is 890. The average molecular weight is 368 g/mol. The van der Waals surface area contributed by atoms with E-state index < -0.39 is 0 Å². The first-order chi connectivity index (χ1) is 12.6. The molecule has 6 heteroatoms. The molecule has 3 aromatic rings. The summed E-state index contributed by atoms with van der Waals surface area (Å²) in [6, 6.07) is 15.3. The topological polar surface area (TPSA) is 51.7 Å². The van der Waals surface area contributed by atoms with Gasteiger partial charge < -0.3 is 14.4 Å². The minimum absolute atomic E-state index is 0.119. The van der Waals surface area contributed by atoms with Gasteiger partial charge in [0.25, 0.3) is 5.91 Å². The van der Waals surface area contributed by atoms with Crippen LogP contribution >= 0.6 is 11.3 Å². The third kappa shape index (κ3) is 3.86. The molecule has 0 aliphatic rings. The van der Waals surface area contributed by atoms with Gasteiger partial charge in [-0.05, 0) is 30.3 Å². The van der Waals surface area contributed by atoms with E-state index in [0.29, 0.717) is 12.2 Å². The molecule has 5 nitrogen and oxygen atoms in total. The number of amides is 1. The molecule has 2 aromatic carbocycles. The number of carbonyl (C=O) groups is 1. The van der Waals surface area contributed by atoms with Gasteiger partial charge in [0.05, 0.1) is 14.2 Å². The quantitative estimate of drug-likeness (QED) is 0.657. The predicted molar refractivity (Wildman–Crippen MR) is 103 cm³/mol. The van der Waals surface area contributed by atoms with Crippen molar-refractivity contribution in [1.29, 1.82) is 0 Å². The van der Waals surface area contributed by atoms with Crippen LogP contribution in [0.3, 0.4) is 0 Å². The molecule has 0 aliphatic heterocycles. The molecule has 0 aliphatic carbocycles. The molecule has 0 saturated carbocycles. The largest absolute Gasteiger partial charge is 0.497 e. The van der Waals surface area contributed by atoms with Crippen LogP contribution in [0.15, 0.2) is 53.9 Å². The summed E-state index contributed by atoms with van der Waals surface area (Å²) in [7, 11) is 5.02. The van der Waals surface area contributed by atoms with Crippen LogP contribution in [0.2, 0.25) is 0 Å². The Labute approximate surface area is 156 Å². The number of aromatic nitrogens is 1. The van der Waals surface area contributed by atoms with Crippen LogP contribution in [0.25, 0.3) is 10.6 Å². The summed E-state index contributed by atoms with van der Waals surface area (Å²) in [5.41, 5.74) is 2.36. The molecule has 0 radical (unpaired) electrons. The van der Waals surface area contributed by atoms with Crippen molar-refractivity contribution in [2.24, 2.45) is 0 Å². The van der Waals surface area contributed by atoms with E-state index in [1.165, 1.54) is 11.3 Å². The number of hydrogen-bond acceptors (Lipinski definition) is 5. The van der Waals surface area contributed by atoms with Gasteiger partial charge in [-0.3, -0.25) is 4.79 Å². The Balaban J connectivity index is 1.74. The van der Waals surface area contributed by atoms with Gasteiger partial charge in [-0.1, -0.05) is 18.2 Å². The minimum atomic E-state index is -0.119. The highest BCUT2D eigenvalue weighted by atomic mass is 32.1. The first-order valence-electron chi connectivity index (χ1n) is 8.09. The summed E-state index contributed by atoms with van der Waals surface area (Å²) >= 11 is 1.45. The Kier molecular flexibility index (Phi) is 5.53. The minimum Gasteiger partial charge on any atom is -0.497 e. The molecule has 3 rings (SSSR count). The predicted octanol–water partition coefficient (Wildman–Crippen LogP) is 4.10. The van der Waals surface area contributed by atoms with Crippen molar-refractivity contribution < 1.29 is 14.3 Å². The molecule has 0 spiro atoms. The summed E-state index contributed by atoms with van der Waals surface area (Å²) in [4.78, 5) is 18.8. The van der Waals surface area contributed by atoms with Crippen molar-refractivity contribution in [3.8, 4) is 22.1 Å². The number of ether oxygens (including phenoxy) is 2. The summed E-state index contributed by atoms with van der Waals surface area (Å²) in [6.07, 6.45) is 0. The molecular formula is C20H20N2O3S. The van der Waals surface area contributed by atoms with E-state index in [1.807, 2.05) is 48.5 Å². The van der Waals surface area contributed by atoms with Crippen LogP contribution in [-0.2, 0) is 6.54 Å². The molecule has 0 N–H and O–H groups in total.